The topological polar surface area (TPSA) is 60.0 Å². The van der Waals surface area contributed by atoms with Crippen molar-refractivity contribution in [2.45, 2.75) is 6.42 Å². The molecule has 4 rings (SSSR count). The Hall–Kier alpha value is -2.79. The number of rotatable bonds is 3. The van der Waals surface area contributed by atoms with Gasteiger partial charge in [-0.1, -0.05) is 24.3 Å². The molecule has 1 aliphatic rings. The van der Waals surface area contributed by atoms with Crippen LogP contribution in [0.3, 0.4) is 0 Å². The van der Waals surface area contributed by atoms with E-state index in [-0.39, 0.29) is 11.8 Å². The number of aryl methyl sites for hydroxylation is 1. The first kappa shape index (κ1) is 15.7. The summed E-state index contributed by atoms with van der Waals surface area (Å²) in [6, 6.07) is 11.9. The molecule has 126 valence electrons. The first-order valence-corrected chi connectivity index (χ1v) is 9.06. The average molecular weight is 349 g/mol. The van der Waals surface area contributed by atoms with Gasteiger partial charge in [0.05, 0.1) is 17.3 Å². The normalized spacial score (nSPS) is 15.8. The first-order chi connectivity index (χ1) is 12.1. The summed E-state index contributed by atoms with van der Waals surface area (Å²) in [7, 11) is 2.01. The summed E-state index contributed by atoms with van der Waals surface area (Å²) in [4.78, 5) is 13.9. The van der Waals surface area contributed by atoms with E-state index in [1.807, 2.05) is 55.0 Å². The molecule has 3 aromatic rings. The zero-order valence-corrected chi connectivity index (χ0v) is 14.7. The Balaban J connectivity index is 1.55. The molecule has 5 heteroatoms. The molecule has 0 saturated carbocycles. The van der Waals surface area contributed by atoms with Crippen molar-refractivity contribution in [3.05, 3.63) is 65.3 Å². The predicted octanol–water partition coefficient (Wildman–Crippen LogP) is 4.16. The van der Waals surface area contributed by atoms with Crippen LogP contribution in [-0.2, 0) is 18.3 Å². The maximum atomic E-state index is 12.7. The van der Waals surface area contributed by atoms with Crippen LogP contribution in [0.2, 0.25) is 0 Å². The van der Waals surface area contributed by atoms with Gasteiger partial charge >= 0.3 is 0 Å². The quantitative estimate of drug-likeness (QED) is 0.698. The summed E-state index contributed by atoms with van der Waals surface area (Å²) in [6.45, 7) is 0. The van der Waals surface area contributed by atoms with Crippen LogP contribution in [0.1, 0.15) is 11.3 Å². The van der Waals surface area contributed by atoms with Gasteiger partial charge in [-0.15, -0.1) is 11.3 Å². The van der Waals surface area contributed by atoms with Gasteiger partial charge in [0, 0.05) is 30.2 Å². The Morgan fingerprint density at radius 3 is 3.00 bits per heavy atom. The Bertz CT molecular complexity index is 953. The highest BCUT2D eigenvalue weighted by atomic mass is 32.1. The fraction of sp³-hybridized carbons (Fsp3) is 0.150. The number of anilines is 2. The van der Waals surface area contributed by atoms with Crippen LogP contribution < -0.4 is 11.1 Å². The van der Waals surface area contributed by atoms with Gasteiger partial charge in [0.25, 0.3) is 0 Å². The molecule has 1 amide bonds. The van der Waals surface area contributed by atoms with Crippen molar-refractivity contribution in [3.63, 3.8) is 0 Å². The van der Waals surface area contributed by atoms with E-state index in [2.05, 4.69) is 22.0 Å². The number of nitrogens with one attached hydrogen (secondary N) is 1. The van der Waals surface area contributed by atoms with E-state index in [1.54, 1.807) is 11.3 Å². The van der Waals surface area contributed by atoms with Gasteiger partial charge in [-0.25, -0.2) is 0 Å². The summed E-state index contributed by atoms with van der Waals surface area (Å²) in [5.74, 6) is -0.218. The number of amides is 1. The zero-order valence-electron chi connectivity index (χ0n) is 13.9. The smallest absolute Gasteiger partial charge is 0.231 e. The number of aromatic nitrogens is 1. The van der Waals surface area contributed by atoms with Crippen LogP contribution in [0, 0.1) is 5.92 Å². The number of fused-ring (bicyclic) bond motifs is 1. The van der Waals surface area contributed by atoms with Crippen LogP contribution >= 0.6 is 11.3 Å². The lowest BCUT2D eigenvalue weighted by Crippen LogP contribution is -2.25. The summed E-state index contributed by atoms with van der Waals surface area (Å²) in [6.07, 6.45) is 6.72. The number of hydrogen-bond acceptors (Lipinski definition) is 3. The van der Waals surface area contributed by atoms with E-state index >= 15 is 0 Å². The van der Waals surface area contributed by atoms with Crippen molar-refractivity contribution in [2.75, 3.05) is 11.1 Å². The molecule has 2 aromatic heterocycles. The molecular weight excluding hydrogens is 330 g/mol. The van der Waals surface area contributed by atoms with Crippen LogP contribution in [0.25, 0.3) is 16.5 Å². The zero-order chi connectivity index (χ0) is 17.4. The molecule has 1 atom stereocenters. The lowest BCUT2D eigenvalue weighted by molar-refractivity contribution is -0.118. The number of nitrogens with zero attached hydrogens (tertiary/aromatic N) is 1. The molecule has 0 saturated heterocycles. The van der Waals surface area contributed by atoms with Crippen molar-refractivity contribution in [1.82, 2.24) is 4.57 Å². The molecule has 0 fully saturated rings. The summed E-state index contributed by atoms with van der Waals surface area (Å²) in [5, 5.41) is 5.04. The number of nitrogens with two attached hydrogens (primary N) is 1. The standard InChI is InChI=1S/C20H19N3OS/c1-23-9-8-13-4-5-15(12-18(13)23)20(24)22-17-11-14(6-7-16(17)21)19-3-2-10-25-19/h2-11,15H,12,21H2,1H3,(H,22,24). The Morgan fingerprint density at radius 1 is 1.32 bits per heavy atom. The van der Waals surface area contributed by atoms with E-state index < -0.39 is 0 Å². The summed E-state index contributed by atoms with van der Waals surface area (Å²) < 4.78 is 2.07. The van der Waals surface area contributed by atoms with Gasteiger partial charge in [-0.2, -0.15) is 0 Å². The molecule has 0 bridgehead atoms. The molecule has 3 N–H and O–H groups in total. The molecule has 1 aromatic carbocycles. The van der Waals surface area contributed by atoms with Crippen LogP contribution in [0.15, 0.2) is 54.1 Å². The van der Waals surface area contributed by atoms with E-state index in [0.717, 1.165) is 10.4 Å². The van der Waals surface area contributed by atoms with Gasteiger partial charge in [0.1, 0.15) is 0 Å². The highest BCUT2D eigenvalue weighted by Gasteiger charge is 2.23. The van der Waals surface area contributed by atoms with Crippen molar-refractivity contribution in [2.24, 2.45) is 13.0 Å². The van der Waals surface area contributed by atoms with Crippen molar-refractivity contribution < 1.29 is 4.79 Å². The van der Waals surface area contributed by atoms with E-state index in [9.17, 15) is 4.79 Å². The van der Waals surface area contributed by atoms with Gasteiger partial charge < -0.3 is 15.6 Å². The van der Waals surface area contributed by atoms with Crippen molar-refractivity contribution >= 4 is 34.7 Å². The van der Waals surface area contributed by atoms with Gasteiger partial charge in [0.2, 0.25) is 5.91 Å². The van der Waals surface area contributed by atoms with E-state index in [4.69, 9.17) is 5.73 Å². The lowest BCUT2D eigenvalue weighted by atomic mass is 9.93. The second kappa shape index (κ2) is 6.26. The number of hydrogen-bond donors (Lipinski definition) is 2. The van der Waals surface area contributed by atoms with Crippen LogP contribution in [-0.4, -0.2) is 10.5 Å². The number of benzene rings is 1. The maximum Gasteiger partial charge on any atom is 0.231 e. The summed E-state index contributed by atoms with van der Waals surface area (Å²) in [5.41, 5.74) is 10.7. The third-order valence-electron chi connectivity index (χ3n) is 4.61. The van der Waals surface area contributed by atoms with Crippen LogP contribution in [0.4, 0.5) is 11.4 Å². The lowest BCUT2D eigenvalue weighted by Gasteiger charge is -2.19. The van der Waals surface area contributed by atoms with E-state index in [1.165, 1.54) is 11.3 Å². The fourth-order valence-electron chi connectivity index (χ4n) is 3.16. The largest absolute Gasteiger partial charge is 0.397 e. The second-order valence-electron chi connectivity index (χ2n) is 6.27. The minimum atomic E-state index is -0.189. The monoisotopic (exact) mass is 349 g/mol. The maximum absolute atomic E-state index is 12.7. The molecular formula is C20H19N3OS. The molecule has 1 aliphatic carbocycles. The predicted molar refractivity (Wildman–Crippen MR) is 104 cm³/mol. The molecule has 25 heavy (non-hydrogen) atoms. The third kappa shape index (κ3) is 2.98. The average Bonchev–Trinajstić information content (AvgIpc) is 3.27. The molecule has 1 unspecified atom stereocenters. The SMILES string of the molecule is Cn1ccc2c1CC(C(=O)Nc1cc(-c3cccs3)ccc1N)C=C2. The molecule has 0 radical (unpaired) electrons. The Labute approximate surface area is 150 Å². The van der Waals surface area contributed by atoms with Gasteiger partial charge in [0.15, 0.2) is 0 Å². The second-order valence-corrected chi connectivity index (χ2v) is 7.21. The highest BCUT2D eigenvalue weighted by molar-refractivity contribution is 7.13. The van der Waals surface area contributed by atoms with Crippen molar-refractivity contribution in [3.8, 4) is 10.4 Å². The van der Waals surface area contributed by atoms with Crippen molar-refractivity contribution in [1.29, 1.82) is 0 Å². The number of carbonyl (C=O) groups is 1. The molecule has 4 nitrogen and oxygen atoms in total. The van der Waals surface area contributed by atoms with Crippen LogP contribution in [0.5, 0.6) is 0 Å². The number of nitrogen functional groups attached to an aromatic ring is 1. The van der Waals surface area contributed by atoms with E-state index in [0.29, 0.717) is 17.8 Å². The Kier molecular flexibility index (Phi) is 3.93. The van der Waals surface area contributed by atoms with Gasteiger partial charge in [-0.3, -0.25) is 4.79 Å². The number of thiophene rings is 1. The first-order valence-electron chi connectivity index (χ1n) is 8.18. The highest BCUT2D eigenvalue weighted by Crippen LogP contribution is 2.31. The summed E-state index contributed by atoms with van der Waals surface area (Å²) >= 11 is 1.66. The molecule has 0 spiro atoms. The third-order valence-corrected chi connectivity index (χ3v) is 5.53. The Morgan fingerprint density at radius 2 is 2.20 bits per heavy atom. The van der Waals surface area contributed by atoms with Gasteiger partial charge in [-0.05, 0) is 40.8 Å². The molecule has 2 heterocycles. The minimum Gasteiger partial charge on any atom is -0.397 e. The minimum absolute atomic E-state index is 0.0295. The molecule has 0 aliphatic heterocycles. The fourth-order valence-corrected chi connectivity index (χ4v) is 3.88. The number of carbonyl (C=O) groups excluding carboxylic acids is 1.